The molecular weight excluding hydrogens is 423 g/mol. The fourth-order valence-corrected chi connectivity index (χ4v) is 6.77. The summed E-state index contributed by atoms with van der Waals surface area (Å²) >= 11 is 0. The molecule has 0 saturated heterocycles. The largest absolute Gasteiger partial charge is 0.351 e. The van der Waals surface area contributed by atoms with Crippen molar-refractivity contribution in [2.75, 3.05) is 13.2 Å². The van der Waals surface area contributed by atoms with E-state index in [0.717, 1.165) is 25.7 Å². The Morgan fingerprint density at radius 2 is 1.37 bits per heavy atom. The van der Waals surface area contributed by atoms with Crippen molar-refractivity contribution in [2.45, 2.75) is 91.5 Å². The van der Waals surface area contributed by atoms with Crippen molar-refractivity contribution in [2.24, 2.45) is 0 Å². The van der Waals surface area contributed by atoms with Crippen molar-refractivity contribution >= 4 is 17.7 Å². The van der Waals surface area contributed by atoms with Gasteiger partial charge in [0, 0.05) is 0 Å². The van der Waals surface area contributed by atoms with Gasteiger partial charge in [0.15, 0.2) is 4.99 Å². The fraction of sp³-hybridized carbons (Fsp3) is 0.727. The van der Waals surface area contributed by atoms with Crippen LogP contribution in [0.2, 0.25) is 0 Å². The van der Waals surface area contributed by atoms with Crippen LogP contribution >= 0.6 is 7.60 Å². The van der Waals surface area contributed by atoms with Crippen LogP contribution < -0.4 is 0 Å². The summed E-state index contributed by atoms with van der Waals surface area (Å²) in [6.07, 6.45) is 11.8. The molecule has 0 amide bonds. The molecule has 1 N–H and O–H groups in total. The fourth-order valence-electron chi connectivity index (χ4n) is 3.01. The summed E-state index contributed by atoms with van der Waals surface area (Å²) in [5.41, 5.74) is 3.96. The highest BCUT2D eigenvalue weighted by Gasteiger charge is 2.43. The molecule has 0 heterocycles. The van der Waals surface area contributed by atoms with Gasteiger partial charge in [0.2, 0.25) is 0 Å². The number of unbranched alkanes of at least 4 members (excludes halogenated alkanes) is 1. The first kappa shape index (κ1) is 29.3. The van der Waals surface area contributed by atoms with Crippen molar-refractivity contribution in [3.05, 3.63) is 34.9 Å². The lowest BCUT2D eigenvalue weighted by Crippen LogP contribution is -2.23. The van der Waals surface area contributed by atoms with E-state index >= 15 is 0 Å². The van der Waals surface area contributed by atoms with Gasteiger partial charge in [-0.2, -0.15) is 8.42 Å². The molecule has 0 fully saturated rings. The SMILES string of the molecule is CCOP(=O)(OCC)C(CCCC=C(C)CCC=C(C)CCC=C(C)C)S(=O)(=O)O. The second-order valence-electron chi connectivity index (χ2n) is 7.74. The van der Waals surface area contributed by atoms with Gasteiger partial charge >= 0.3 is 7.60 Å². The van der Waals surface area contributed by atoms with Crippen molar-refractivity contribution in [1.82, 2.24) is 0 Å². The van der Waals surface area contributed by atoms with Gasteiger partial charge < -0.3 is 9.05 Å². The molecular formula is C22H41O6PS. The van der Waals surface area contributed by atoms with Gasteiger partial charge in [-0.3, -0.25) is 9.12 Å². The Bertz CT molecular complexity index is 723. The molecule has 176 valence electrons. The average molecular weight is 465 g/mol. The predicted octanol–water partition coefficient (Wildman–Crippen LogP) is 7.06. The normalized spacial score (nSPS) is 14.6. The Morgan fingerprint density at radius 3 is 1.80 bits per heavy atom. The molecule has 0 rings (SSSR count). The highest BCUT2D eigenvalue weighted by molar-refractivity contribution is 7.94. The van der Waals surface area contributed by atoms with Gasteiger partial charge in [-0.25, -0.2) is 0 Å². The quantitative estimate of drug-likeness (QED) is 0.114. The van der Waals surface area contributed by atoms with E-state index in [1.54, 1.807) is 13.8 Å². The van der Waals surface area contributed by atoms with Crippen LogP contribution in [0.25, 0.3) is 0 Å². The monoisotopic (exact) mass is 464 g/mol. The van der Waals surface area contributed by atoms with E-state index in [1.807, 2.05) is 0 Å². The molecule has 1 unspecified atom stereocenters. The van der Waals surface area contributed by atoms with Crippen LogP contribution in [0, 0.1) is 0 Å². The third kappa shape index (κ3) is 12.9. The lowest BCUT2D eigenvalue weighted by molar-refractivity contribution is 0.215. The molecule has 30 heavy (non-hydrogen) atoms. The van der Waals surface area contributed by atoms with Gasteiger partial charge in [-0.15, -0.1) is 0 Å². The standard InChI is InChI=1S/C22H41O6PS/c1-7-27-29(23,28-8-2)22(30(24,25)26)18-10-9-14-20(5)16-12-17-21(6)15-11-13-19(3)4/h13-14,17,22H,7-12,15-16,18H2,1-6H3,(H,24,25,26). The summed E-state index contributed by atoms with van der Waals surface area (Å²) in [6, 6.07) is 0. The van der Waals surface area contributed by atoms with Gasteiger partial charge in [-0.05, 0) is 86.5 Å². The highest BCUT2D eigenvalue weighted by atomic mass is 32.2. The van der Waals surface area contributed by atoms with E-state index in [0.29, 0.717) is 12.8 Å². The minimum absolute atomic E-state index is 0.0171. The Kier molecular flexibility index (Phi) is 14.8. The summed E-state index contributed by atoms with van der Waals surface area (Å²) < 4.78 is 56.1. The van der Waals surface area contributed by atoms with Crippen LogP contribution in [0.3, 0.4) is 0 Å². The van der Waals surface area contributed by atoms with E-state index in [1.165, 1.54) is 16.7 Å². The summed E-state index contributed by atoms with van der Waals surface area (Å²) in [5, 5.41) is 0. The average Bonchev–Trinajstić information content (AvgIpc) is 2.60. The van der Waals surface area contributed by atoms with E-state index in [-0.39, 0.29) is 19.6 Å². The van der Waals surface area contributed by atoms with Crippen LogP contribution in [0.5, 0.6) is 0 Å². The third-order valence-electron chi connectivity index (χ3n) is 4.59. The zero-order chi connectivity index (χ0) is 23.2. The minimum atomic E-state index is -4.55. The Labute approximate surface area is 184 Å². The zero-order valence-corrected chi connectivity index (χ0v) is 21.2. The van der Waals surface area contributed by atoms with Gasteiger partial charge in [0.05, 0.1) is 13.2 Å². The topological polar surface area (TPSA) is 89.9 Å². The van der Waals surface area contributed by atoms with E-state index in [2.05, 4.69) is 45.9 Å². The second-order valence-corrected chi connectivity index (χ2v) is 11.9. The smallest absolute Gasteiger partial charge is 0.308 e. The van der Waals surface area contributed by atoms with Gasteiger partial charge in [0.1, 0.15) is 0 Å². The lowest BCUT2D eigenvalue weighted by atomic mass is 10.1. The number of hydrogen-bond donors (Lipinski definition) is 1. The number of rotatable bonds is 16. The Morgan fingerprint density at radius 1 is 0.900 bits per heavy atom. The van der Waals surface area contributed by atoms with Crippen LogP contribution in [-0.2, 0) is 23.7 Å². The minimum Gasteiger partial charge on any atom is -0.308 e. The van der Waals surface area contributed by atoms with Crippen molar-refractivity contribution in [3.8, 4) is 0 Å². The maximum Gasteiger partial charge on any atom is 0.351 e. The first-order valence-electron chi connectivity index (χ1n) is 10.8. The predicted molar refractivity (Wildman–Crippen MR) is 125 cm³/mol. The third-order valence-corrected chi connectivity index (χ3v) is 9.28. The molecule has 0 aromatic heterocycles. The first-order chi connectivity index (χ1) is 14.0. The van der Waals surface area contributed by atoms with Crippen LogP contribution in [0.15, 0.2) is 34.9 Å². The number of allylic oxidation sites excluding steroid dienone is 6. The zero-order valence-electron chi connectivity index (χ0n) is 19.5. The van der Waals surface area contributed by atoms with Crippen LogP contribution in [0.1, 0.15) is 86.5 Å². The molecule has 0 aliphatic rings. The van der Waals surface area contributed by atoms with Crippen LogP contribution in [0.4, 0.5) is 0 Å². The molecule has 0 spiro atoms. The molecule has 0 radical (unpaired) electrons. The molecule has 0 aliphatic carbocycles. The molecule has 8 heteroatoms. The summed E-state index contributed by atoms with van der Waals surface area (Å²) in [7, 11) is -8.48. The molecule has 0 bridgehead atoms. The summed E-state index contributed by atoms with van der Waals surface area (Å²) in [4.78, 5) is -1.55. The van der Waals surface area contributed by atoms with Gasteiger partial charge in [-0.1, -0.05) is 34.9 Å². The Hall–Kier alpha value is -0.720. The van der Waals surface area contributed by atoms with Gasteiger partial charge in [0.25, 0.3) is 10.1 Å². The maximum absolute atomic E-state index is 12.8. The molecule has 0 aliphatic heterocycles. The molecule has 6 nitrogen and oxygen atoms in total. The number of hydrogen-bond acceptors (Lipinski definition) is 5. The van der Waals surface area contributed by atoms with Crippen LogP contribution in [-0.4, -0.2) is 31.2 Å². The molecule has 0 aromatic rings. The summed E-state index contributed by atoms with van der Waals surface area (Å²) in [6.45, 7) is 11.7. The molecule has 1 atom stereocenters. The van der Waals surface area contributed by atoms with E-state index in [9.17, 15) is 17.5 Å². The first-order valence-corrected chi connectivity index (χ1v) is 13.9. The Balaban J connectivity index is 4.66. The van der Waals surface area contributed by atoms with Crippen molar-refractivity contribution < 1.29 is 26.6 Å². The second kappa shape index (κ2) is 15.1. The lowest BCUT2D eigenvalue weighted by Gasteiger charge is -2.23. The summed E-state index contributed by atoms with van der Waals surface area (Å²) in [5.74, 6) is 0. The van der Waals surface area contributed by atoms with Crippen molar-refractivity contribution in [3.63, 3.8) is 0 Å². The molecule has 0 aromatic carbocycles. The van der Waals surface area contributed by atoms with E-state index < -0.39 is 22.7 Å². The van der Waals surface area contributed by atoms with Crippen molar-refractivity contribution in [1.29, 1.82) is 0 Å². The maximum atomic E-state index is 12.8. The van der Waals surface area contributed by atoms with E-state index in [4.69, 9.17) is 9.05 Å². The molecule has 0 saturated carbocycles. The highest BCUT2D eigenvalue weighted by Crippen LogP contribution is 2.56.